The third kappa shape index (κ3) is 4.74. The molecule has 0 saturated carbocycles. The number of hydrogen-bond donors (Lipinski definition) is 4. The smallest absolute Gasteiger partial charge is 0.304 e. The van der Waals surface area contributed by atoms with Crippen molar-refractivity contribution in [2.75, 3.05) is 11.9 Å². The monoisotopic (exact) mass is 314 g/mol. The summed E-state index contributed by atoms with van der Waals surface area (Å²) in [5.41, 5.74) is 12.8. The summed E-state index contributed by atoms with van der Waals surface area (Å²) in [6.45, 7) is 0.438. The van der Waals surface area contributed by atoms with Crippen molar-refractivity contribution in [3.05, 3.63) is 29.3 Å². The highest BCUT2D eigenvalue weighted by Gasteiger charge is 2.27. The molecule has 1 atom stereocenters. The molecule has 1 aliphatic heterocycles. The summed E-state index contributed by atoms with van der Waals surface area (Å²) in [6.07, 6.45) is 0.783. The lowest BCUT2D eigenvalue weighted by Gasteiger charge is -2.23. The fraction of sp³-hybridized carbons (Fsp3) is 0.312. The minimum Gasteiger partial charge on any atom is -0.481 e. The number of amides is 1. The number of anilines is 1. The zero-order chi connectivity index (χ0) is 16.8. The van der Waals surface area contributed by atoms with Crippen molar-refractivity contribution in [3.63, 3.8) is 0 Å². The molecule has 1 aromatic rings. The standard InChI is InChI=1S/C16H18N4O3/c17-16(18)19-6-2-1-3-10-4-5-11-8-12(9-14(21)22)15(23)20-13(11)7-10/h4-5,7,12H,2,6,8-9H2,(H,20,23)(H,21,22)(H4,17,18,19). The third-order valence-corrected chi connectivity index (χ3v) is 3.39. The van der Waals surface area contributed by atoms with E-state index in [0.29, 0.717) is 25.1 Å². The van der Waals surface area contributed by atoms with Crippen molar-refractivity contribution >= 4 is 23.5 Å². The summed E-state index contributed by atoms with van der Waals surface area (Å²) in [6, 6.07) is 5.50. The van der Waals surface area contributed by atoms with E-state index >= 15 is 0 Å². The number of rotatable bonds is 4. The van der Waals surface area contributed by atoms with Crippen LogP contribution in [0.3, 0.4) is 0 Å². The maximum Gasteiger partial charge on any atom is 0.304 e. The number of aliphatic imine (C=N–C) groups is 1. The van der Waals surface area contributed by atoms with Crippen molar-refractivity contribution in [2.24, 2.45) is 22.4 Å². The van der Waals surface area contributed by atoms with Gasteiger partial charge >= 0.3 is 5.97 Å². The Morgan fingerprint density at radius 2 is 2.22 bits per heavy atom. The number of carboxylic acids is 1. The second-order valence-corrected chi connectivity index (χ2v) is 5.22. The Balaban J connectivity index is 2.05. The first-order valence-electron chi connectivity index (χ1n) is 7.15. The van der Waals surface area contributed by atoms with Gasteiger partial charge in [-0.3, -0.25) is 14.6 Å². The Labute approximate surface area is 133 Å². The van der Waals surface area contributed by atoms with Crippen molar-refractivity contribution in [2.45, 2.75) is 19.3 Å². The molecule has 0 spiro atoms. The normalized spacial score (nSPS) is 15.7. The van der Waals surface area contributed by atoms with Crippen molar-refractivity contribution in [1.82, 2.24) is 0 Å². The Morgan fingerprint density at radius 3 is 2.91 bits per heavy atom. The molecule has 1 heterocycles. The van der Waals surface area contributed by atoms with Crippen LogP contribution in [0.25, 0.3) is 0 Å². The summed E-state index contributed by atoms with van der Waals surface area (Å²) in [7, 11) is 0. The number of benzene rings is 1. The van der Waals surface area contributed by atoms with Gasteiger partial charge in [0.25, 0.3) is 0 Å². The van der Waals surface area contributed by atoms with E-state index in [4.69, 9.17) is 16.6 Å². The second kappa shape index (κ2) is 7.31. The highest BCUT2D eigenvalue weighted by atomic mass is 16.4. The van der Waals surface area contributed by atoms with Crippen molar-refractivity contribution < 1.29 is 14.7 Å². The molecular weight excluding hydrogens is 296 g/mol. The molecule has 6 N–H and O–H groups in total. The zero-order valence-corrected chi connectivity index (χ0v) is 12.5. The molecule has 120 valence electrons. The van der Waals surface area contributed by atoms with Crippen LogP contribution in [0, 0.1) is 17.8 Å². The number of nitrogens with zero attached hydrogens (tertiary/aromatic N) is 1. The molecule has 2 rings (SSSR count). The number of carbonyl (C=O) groups is 2. The Morgan fingerprint density at radius 1 is 1.43 bits per heavy atom. The first-order valence-corrected chi connectivity index (χ1v) is 7.15. The SMILES string of the molecule is NC(N)=NCCC#Cc1ccc2c(c1)NC(=O)C(CC(=O)O)C2. The first-order chi connectivity index (χ1) is 11.0. The van der Waals surface area contributed by atoms with E-state index in [0.717, 1.165) is 11.1 Å². The Kier molecular flexibility index (Phi) is 5.20. The lowest BCUT2D eigenvalue weighted by molar-refractivity contribution is -0.140. The fourth-order valence-corrected chi connectivity index (χ4v) is 2.32. The van der Waals surface area contributed by atoms with E-state index in [9.17, 15) is 9.59 Å². The van der Waals surface area contributed by atoms with Crippen molar-refractivity contribution in [3.8, 4) is 11.8 Å². The number of aliphatic carboxylic acids is 1. The lowest BCUT2D eigenvalue weighted by Crippen LogP contribution is -2.31. The number of nitrogens with two attached hydrogens (primary N) is 2. The maximum absolute atomic E-state index is 11.9. The maximum atomic E-state index is 11.9. The van der Waals surface area contributed by atoms with Gasteiger partial charge < -0.3 is 21.9 Å². The first kappa shape index (κ1) is 16.4. The van der Waals surface area contributed by atoms with Crippen LogP contribution in [0.15, 0.2) is 23.2 Å². The average molecular weight is 314 g/mol. The van der Waals surface area contributed by atoms with E-state index in [-0.39, 0.29) is 18.3 Å². The molecule has 1 amide bonds. The van der Waals surface area contributed by atoms with Crippen LogP contribution in [-0.2, 0) is 16.0 Å². The summed E-state index contributed by atoms with van der Waals surface area (Å²) in [5.74, 6) is 4.20. The van der Waals surface area contributed by atoms with E-state index in [1.54, 1.807) is 6.07 Å². The van der Waals surface area contributed by atoms with Crippen LogP contribution < -0.4 is 16.8 Å². The number of fused-ring (bicyclic) bond motifs is 1. The van der Waals surface area contributed by atoms with Crippen LogP contribution in [0.2, 0.25) is 0 Å². The molecule has 0 saturated heterocycles. The van der Waals surface area contributed by atoms with Gasteiger partial charge in [-0.1, -0.05) is 17.9 Å². The number of guanidine groups is 1. The predicted molar refractivity (Wildman–Crippen MR) is 86.7 cm³/mol. The van der Waals surface area contributed by atoms with Crippen LogP contribution in [-0.4, -0.2) is 29.5 Å². The van der Waals surface area contributed by atoms with E-state index in [1.165, 1.54) is 0 Å². The Bertz CT molecular complexity index is 712. The number of carboxylic acid groups (broad SMARTS) is 1. The molecule has 7 nitrogen and oxygen atoms in total. The number of nitrogens with one attached hydrogen (secondary N) is 1. The molecule has 1 aromatic carbocycles. The minimum absolute atomic E-state index is 0.0409. The summed E-state index contributed by atoms with van der Waals surface area (Å²) in [4.78, 5) is 26.5. The topological polar surface area (TPSA) is 131 Å². The molecule has 23 heavy (non-hydrogen) atoms. The van der Waals surface area contributed by atoms with E-state index < -0.39 is 11.9 Å². The van der Waals surface area contributed by atoms with E-state index in [2.05, 4.69) is 22.2 Å². The van der Waals surface area contributed by atoms with Gasteiger partial charge in [0, 0.05) is 17.7 Å². The quantitative estimate of drug-likeness (QED) is 0.274. The van der Waals surface area contributed by atoms with Crippen LogP contribution in [0.4, 0.5) is 5.69 Å². The molecule has 1 aliphatic rings. The zero-order valence-electron chi connectivity index (χ0n) is 12.5. The van der Waals surface area contributed by atoms with Gasteiger partial charge in [-0.15, -0.1) is 0 Å². The fourth-order valence-electron chi connectivity index (χ4n) is 2.32. The average Bonchev–Trinajstić information content (AvgIpc) is 2.47. The van der Waals surface area contributed by atoms with Gasteiger partial charge in [0.2, 0.25) is 5.91 Å². The Hall–Kier alpha value is -3.01. The van der Waals surface area contributed by atoms with Crippen molar-refractivity contribution in [1.29, 1.82) is 0 Å². The highest BCUT2D eigenvalue weighted by molar-refractivity contribution is 5.97. The second-order valence-electron chi connectivity index (χ2n) is 5.22. The summed E-state index contributed by atoms with van der Waals surface area (Å²) >= 11 is 0. The summed E-state index contributed by atoms with van der Waals surface area (Å²) < 4.78 is 0. The summed E-state index contributed by atoms with van der Waals surface area (Å²) in [5, 5.41) is 11.6. The van der Waals surface area contributed by atoms with Crippen LogP contribution in [0.1, 0.15) is 24.0 Å². The predicted octanol–water partition coefficient (Wildman–Crippen LogP) is 0.287. The largest absolute Gasteiger partial charge is 0.481 e. The highest BCUT2D eigenvalue weighted by Crippen LogP contribution is 2.28. The van der Waals surface area contributed by atoms with Crippen LogP contribution in [0.5, 0.6) is 0 Å². The molecule has 0 aliphatic carbocycles. The molecule has 0 aromatic heterocycles. The van der Waals surface area contributed by atoms with Gasteiger partial charge in [-0.05, 0) is 24.1 Å². The molecule has 1 unspecified atom stereocenters. The number of carbonyl (C=O) groups excluding carboxylic acids is 1. The molecule has 0 bridgehead atoms. The molecule has 0 fully saturated rings. The minimum atomic E-state index is -0.975. The van der Waals surface area contributed by atoms with Gasteiger partial charge in [-0.2, -0.15) is 0 Å². The van der Waals surface area contributed by atoms with Gasteiger partial charge in [0.1, 0.15) is 0 Å². The molecular formula is C16H18N4O3. The van der Waals surface area contributed by atoms with Gasteiger partial charge in [0.05, 0.1) is 18.9 Å². The molecule has 0 radical (unpaired) electrons. The van der Waals surface area contributed by atoms with Gasteiger partial charge in [0.15, 0.2) is 5.96 Å². The lowest BCUT2D eigenvalue weighted by atomic mass is 9.90. The van der Waals surface area contributed by atoms with Gasteiger partial charge in [-0.25, -0.2) is 0 Å². The number of hydrogen-bond acceptors (Lipinski definition) is 3. The van der Waals surface area contributed by atoms with E-state index in [1.807, 2.05) is 12.1 Å². The molecule has 7 heteroatoms. The van der Waals surface area contributed by atoms with Crippen LogP contribution >= 0.6 is 0 Å². The third-order valence-electron chi connectivity index (χ3n) is 3.39.